The second kappa shape index (κ2) is 6.86. The molecule has 6 nitrogen and oxygen atoms in total. The van der Waals surface area contributed by atoms with Crippen LogP contribution in [0.4, 0.5) is 0 Å². The van der Waals surface area contributed by atoms with Crippen LogP contribution in [0.5, 0.6) is 0 Å². The van der Waals surface area contributed by atoms with Crippen LogP contribution in [-0.2, 0) is 9.59 Å². The third-order valence-corrected chi connectivity index (χ3v) is 4.09. The van der Waals surface area contributed by atoms with Crippen molar-refractivity contribution in [2.45, 2.75) is 44.6 Å². The highest BCUT2D eigenvalue weighted by Crippen LogP contribution is 2.31. The molecule has 1 fully saturated rings. The summed E-state index contributed by atoms with van der Waals surface area (Å²) in [7, 11) is 0. The molecule has 0 spiro atoms. The molecule has 0 heterocycles. The number of aliphatic hydroxyl groups is 2. The van der Waals surface area contributed by atoms with Gasteiger partial charge in [-0.25, -0.2) is 0 Å². The van der Waals surface area contributed by atoms with Crippen molar-refractivity contribution in [2.24, 2.45) is 11.8 Å². The van der Waals surface area contributed by atoms with Gasteiger partial charge in [-0.1, -0.05) is 19.8 Å². The highest BCUT2D eigenvalue weighted by Gasteiger charge is 2.39. The number of amides is 1. The van der Waals surface area contributed by atoms with E-state index in [1.165, 1.54) is 0 Å². The monoisotopic (exact) mass is 273 g/mol. The first kappa shape index (κ1) is 15.9. The van der Waals surface area contributed by atoms with E-state index in [2.05, 4.69) is 5.32 Å². The number of rotatable bonds is 6. The quantitative estimate of drug-likeness (QED) is 0.550. The Hall–Kier alpha value is -1.14. The molecule has 0 aromatic heterocycles. The van der Waals surface area contributed by atoms with Gasteiger partial charge in [-0.15, -0.1) is 0 Å². The molecular weight excluding hydrogens is 250 g/mol. The van der Waals surface area contributed by atoms with Crippen LogP contribution in [0.2, 0.25) is 0 Å². The van der Waals surface area contributed by atoms with E-state index in [-0.39, 0.29) is 19.1 Å². The van der Waals surface area contributed by atoms with Crippen molar-refractivity contribution in [1.82, 2.24) is 5.32 Å². The summed E-state index contributed by atoms with van der Waals surface area (Å²) in [4.78, 5) is 23.4. The van der Waals surface area contributed by atoms with Crippen LogP contribution in [0.15, 0.2) is 0 Å². The van der Waals surface area contributed by atoms with Crippen molar-refractivity contribution in [1.29, 1.82) is 0 Å². The van der Waals surface area contributed by atoms with Gasteiger partial charge >= 0.3 is 5.97 Å². The fourth-order valence-electron chi connectivity index (χ4n) is 2.54. The molecule has 1 rings (SSSR count). The Morgan fingerprint density at radius 1 is 1.16 bits per heavy atom. The number of aliphatic hydroxyl groups excluding tert-OH is 2. The SMILES string of the molecule is CCC(CO)(CO)NC(=O)C1CCCCC1C(=O)O. The third-order valence-electron chi connectivity index (χ3n) is 4.09. The van der Waals surface area contributed by atoms with Crippen molar-refractivity contribution in [3.63, 3.8) is 0 Å². The lowest BCUT2D eigenvalue weighted by atomic mass is 9.78. The van der Waals surface area contributed by atoms with Gasteiger partial charge < -0.3 is 20.6 Å². The van der Waals surface area contributed by atoms with Gasteiger partial charge in [-0.05, 0) is 19.3 Å². The summed E-state index contributed by atoms with van der Waals surface area (Å²) in [5.74, 6) is -2.57. The van der Waals surface area contributed by atoms with Crippen LogP contribution in [-0.4, -0.2) is 45.9 Å². The zero-order chi connectivity index (χ0) is 14.5. The molecule has 2 atom stereocenters. The summed E-state index contributed by atoms with van der Waals surface area (Å²) in [6.45, 7) is 1.02. The third kappa shape index (κ3) is 3.67. The summed E-state index contributed by atoms with van der Waals surface area (Å²) in [6, 6.07) is 0. The summed E-state index contributed by atoms with van der Waals surface area (Å²) in [6.07, 6.45) is 3.08. The molecular formula is C13H23NO5. The fourth-order valence-corrected chi connectivity index (χ4v) is 2.54. The maximum absolute atomic E-state index is 12.2. The summed E-state index contributed by atoms with van der Waals surface area (Å²) >= 11 is 0. The summed E-state index contributed by atoms with van der Waals surface area (Å²) in [5, 5.41) is 30.4. The minimum absolute atomic E-state index is 0.365. The molecule has 0 radical (unpaired) electrons. The van der Waals surface area contributed by atoms with Crippen LogP contribution in [0.3, 0.4) is 0 Å². The van der Waals surface area contributed by atoms with Crippen molar-refractivity contribution >= 4 is 11.9 Å². The molecule has 19 heavy (non-hydrogen) atoms. The first-order valence-corrected chi connectivity index (χ1v) is 6.76. The predicted octanol–water partition coefficient (Wildman–Crippen LogP) is 0.127. The van der Waals surface area contributed by atoms with Crippen LogP contribution in [0.1, 0.15) is 39.0 Å². The highest BCUT2D eigenvalue weighted by atomic mass is 16.4. The maximum atomic E-state index is 12.2. The number of carbonyl (C=O) groups is 2. The van der Waals surface area contributed by atoms with Crippen LogP contribution in [0, 0.1) is 11.8 Å². The van der Waals surface area contributed by atoms with E-state index in [0.717, 1.165) is 12.8 Å². The van der Waals surface area contributed by atoms with Gasteiger partial charge in [-0.2, -0.15) is 0 Å². The van der Waals surface area contributed by atoms with Gasteiger partial charge in [-0.3, -0.25) is 9.59 Å². The molecule has 1 aliphatic rings. The molecule has 0 aromatic rings. The Balaban J connectivity index is 2.77. The minimum Gasteiger partial charge on any atom is -0.481 e. The number of hydrogen-bond donors (Lipinski definition) is 4. The van der Waals surface area contributed by atoms with E-state index in [1.807, 2.05) is 0 Å². The molecule has 1 amide bonds. The van der Waals surface area contributed by atoms with Crippen molar-refractivity contribution in [3.05, 3.63) is 0 Å². The van der Waals surface area contributed by atoms with Crippen molar-refractivity contribution < 1.29 is 24.9 Å². The Bertz CT molecular complexity index is 319. The smallest absolute Gasteiger partial charge is 0.307 e. The number of hydrogen-bond acceptors (Lipinski definition) is 4. The van der Waals surface area contributed by atoms with Crippen LogP contribution in [0.25, 0.3) is 0 Å². The lowest BCUT2D eigenvalue weighted by Gasteiger charge is -2.34. The number of carbonyl (C=O) groups excluding carboxylic acids is 1. The largest absolute Gasteiger partial charge is 0.481 e. The van der Waals surface area contributed by atoms with Crippen molar-refractivity contribution in [3.8, 4) is 0 Å². The number of nitrogens with one attached hydrogen (secondary N) is 1. The maximum Gasteiger partial charge on any atom is 0.307 e. The number of carboxylic acid groups (broad SMARTS) is 1. The lowest BCUT2D eigenvalue weighted by molar-refractivity contribution is -0.149. The summed E-state index contributed by atoms with van der Waals surface area (Å²) in [5.41, 5.74) is -1.06. The van der Waals surface area contributed by atoms with E-state index in [9.17, 15) is 19.8 Å². The normalized spacial score (nSPS) is 23.9. The molecule has 6 heteroatoms. The molecule has 0 bridgehead atoms. The van der Waals surface area contributed by atoms with Gasteiger partial charge in [0.15, 0.2) is 0 Å². The Labute approximate surface area is 112 Å². The Morgan fingerprint density at radius 2 is 1.68 bits per heavy atom. The van der Waals surface area contributed by atoms with Crippen molar-refractivity contribution in [2.75, 3.05) is 13.2 Å². The Kier molecular flexibility index (Phi) is 5.75. The highest BCUT2D eigenvalue weighted by molar-refractivity contribution is 5.85. The molecule has 110 valence electrons. The molecule has 0 aromatic carbocycles. The second-order valence-electron chi connectivity index (χ2n) is 5.28. The standard InChI is InChI=1S/C13H23NO5/c1-2-13(7-15,8-16)14-11(17)9-5-3-4-6-10(9)12(18)19/h9-10,15-16H,2-8H2,1H3,(H,14,17)(H,18,19). The summed E-state index contributed by atoms with van der Waals surface area (Å²) < 4.78 is 0. The zero-order valence-electron chi connectivity index (χ0n) is 11.3. The first-order valence-electron chi connectivity index (χ1n) is 6.76. The molecule has 1 saturated carbocycles. The van der Waals surface area contributed by atoms with E-state index in [0.29, 0.717) is 19.3 Å². The van der Waals surface area contributed by atoms with Crippen LogP contribution >= 0.6 is 0 Å². The molecule has 0 saturated heterocycles. The Morgan fingerprint density at radius 3 is 2.11 bits per heavy atom. The van der Waals surface area contributed by atoms with Gasteiger partial charge in [0.1, 0.15) is 0 Å². The average Bonchev–Trinajstić information content (AvgIpc) is 2.44. The average molecular weight is 273 g/mol. The number of carboxylic acids is 1. The van der Waals surface area contributed by atoms with E-state index >= 15 is 0 Å². The van der Waals surface area contributed by atoms with Gasteiger partial charge in [0.2, 0.25) is 5.91 Å². The lowest BCUT2D eigenvalue weighted by Crippen LogP contribution is -2.56. The first-order chi connectivity index (χ1) is 8.99. The molecule has 1 aliphatic carbocycles. The zero-order valence-corrected chi connectivity index (χ0v) is 11.3. The molecule has 2 unspecified atom stereocenters. The molecule has 4 N–H and O–H groups in total. The van der Waals surface area contributed by atoms with Gasteiger partial charge in [0.25, 0.3) is 0 Å². The van der Waals surface area contributed by atoms with Crippen LogP contribution < -0.4 is 5.32 Å². The molecule has 0 aliphatic heterocycles. The number of aliphatic carboxylic acids is 1. The van der Waals surface area contributed by atoms with E-state index in [1.54, 1.807) is 6.92 Å². The van der Waals surface area contributed by atoms with Gasteiger partial charge in [0, 0.05) is 0 Å². The van der Waals surface area contributed by atoms with E-state index < -0.39 is 23.3 Å². The second-order valence-corrected chi connectivity index (χ2v) is 5.28. The predicted molar refractivity (Wildman–Crippen MR) is 68.4 cm³/mol. The fraction of sp³-hybridized carbons (Fsp3) is 0.846. The van der Waals surface area contributed by atoms with Gasteiger partial charge in [0.05, 0.1) is 30.6 Å². The van der Waals surface area contributed by atoms with E-state index in [4.69, 9.17) is 5.11 Å². The minimum atomic E-state index is -1.06. The topological polar surface area (TPSA) is 107 Å².